The van der Waals surface area contributed by atoms with Gasteiger partial charge in [-0.15, -0.1) is 0 Å². The standard InChI is InChI=1S/C12H12F3N3O/c1-8(5-16)7-18(2)11(19)10-4-3-9(6-17-10)12(13,14)15/h3-4,6,8H,7H2,1-2H3. The maximum Gasteiger partial charge on any atom is 0.417 e. The molecule has 1 aromatic rings. The number of amides is 1. The fourth-order valence-electron chi connectivity index (χ4n) is 1.42. The van der Waals surface area contributed by atoms with Crippen molar-refractivity contribution in [2.75, 3.05) is 13.6 Å². The number of nitrogens with zero attached hydrogens (tertiary/aromatic N) is 3. The molecule has 0 bridgehead atoms. The summed E-state index contributed by atoms with van der Waals surface area (Å²) in [6, 6.07) is 3.80. The van der Waals surface area contributed by atoms with Gasteiger partial charge in [0.25, 0.3) is 5.91 Å². The largest absolute Gasteiger partial charge is 0.417 e. The minimum absolute atomic E-state index is 0.0827. The molecule has 1 rings (SSSR count). The minimum atomic E-state index is -4.48. The Morgan fingerprint density at radius 2 is 2.16 bits per heavy atom. The molecule has 0 N–H and O–H groups in total. The van der Waals surface area contributed by atoms with E-state index in [1.54, 1.807) is 6.92 Å². The third-order valence-electron chi connectivity index (χ3n) is 2.42. The molecule has 1 unspecified atom stereocenters. The predicted molar refractivity (Wildman–Crippen MR) is 61.0 cm³/mol. The fourth-order valence-corrected chi connectivity index (χ4v) is 1.42. The molecule has 1 heterocycles. The number of nitriles is 1. The van der Waals surface area contributed by atoms with E-state index in [-0.39, 0.29) is 18.2 Å². The molecule has 0 aromatic carbocycles. The molecule has 1 amide bonds. The van der Waals surface area contributed by atoms with Crippen molar-refractivity contribution in [3.63, 3.8) is 0 Å². The smallest absolute Gasteiger partial charge is 0.339 e. The average molecular weight is 271 g/mol. The Morgan fingerprint density at radius 3 is 2.58 bits per heavy atom. The lowest BCUT2D eigenvalue weighted by atomic mass is 10.2. The topological polar surface area (TPSA) is 57.0 Å². The van der Waals surface area contributed by atoms with Gasteiger partial charge >= 0.3 is 6.18 Å². The molecule has 0 radical (unpaired) electrons. The van der Waals surface area contributed by atoms with Crippen molar-refractivity contribution in [3.8, 4) is 6.07 Å². The summed E-state index contributed by atoms with van der Waals surface area (Å²) < 4.78 is 37.0. The molecule has 0 saturated heterocycles. The van der Waals surface area contributed by atoms with Crippen LogP contribution in [-0.4, -0.2) is 29.4 Å². The van der Waals surface area contributed by atoms with Crippen LogP contribution >= 0.6 is 0 Å². The monoisotopic (exact) mass is 271 g/mol. The lowest BCUT2D eigenvalue weighted by Gasteiger charge is -2.17. The van der Waals surface area contributed by atoms with Crippen molar-refractivity contribution >= 4 is 5.91 Å². The van der Waals surface area contributed by atoms with Crippen LogP contribution in [0.25, 0.3) is 0 Å². The maximum atomic E-state index is 12.3. The van der Waals surface area contributed by atoms with Crippen LogP contribution in [-0.2, 0) is 6.18 Å². The number of aromatic nitrogens is 1. The molecule has 102 valence electrons. The second kappa shape index (κ2) is 5.69. The normalized spacial score (nSPS) is 12.6. The van der Waals surface area contributed by atoms with E-state index < -0.39 is 17.6 Å². The summed E-state index contributed by atoms with van der Waals surface area (Å²) in [5, 5.41) is 8.63. The second-order valence-electron chi connectivity index (χ2n) is 4.15. The van der Waals surface area contributed by atoms with E-state index in [1.165, 1.54) is 11.9 Å². The third-order valence-corrected chi connectivity index (χ3v) is 2.42. The Morgan fingerprint density at radius 1 is 1.53 bits per heavy atom. The zero-order chi connectivity index (χ0) is 14.6. The van der Waals surface area contributed by atoms with Gasteiger partial charge in [-0.05, 0) is 19.1 Å². The van der Waals surface area contributed by atoms with Crippen molar-refractivity contribution in [1.29, 1.82) is 5.26 Å². The molecule has 1 atom stereocenters. The van der Waals surface area contributed by atoms with E-state index in [0.717, 1.165) is 12.1 Å². The molecule has 19 heavy (non-hydrogen) atoms. The van der Waals surface area contributed by atoms with E-state index in [4.69, 9.17) is 5.26 Å². The van der Waals surface area contributed by atoms with E-state index in [9.17, 15) is 18.0 Å². The average Bonchev–Trinajstić information content (AvgIpc) is 2.36. The van der Waals surface area contributed by atoms with Crippen LogP contribution in [0.5, 0.6) is 0 Å². The highest BCUT2D eigenvalue weighted by molar-refractivity contribution is 5.92. The van der Waals surface area contributed by atoms with Crippen molar-refractivity contribution in [3.05, 3.63) is 29.6 Å². The zero-order valence-electron chi connectivity index (χ0n) is 10.4. The second-order valence-corrected chi connectivity index (χ2v) is 4.15. The van der Waals surface area contributed by atoms with Crippen LogP contribution in [0, 0.1) is 17.2 Å². The molecule has 0 aliphatic heterocycles. The summed E-state index contributed by atoms with van der Waals surface area (Å²) in [5.41, 5.74) is -0.988. The van der Waals surface area contributed by atoms with Crippen molar-refractivity contribution in [2.24, 2.45) is 5.92 Å². The van der Waals surface area contributed by atoms with Gasteiger partial charge in [-0.25, -0.2) is 0 Å². The number of alkyl halides is 3. The first-order valence-electron chi connectivity index (χ1n) is 5.44. The van der Waals surface area contributed by atoms with Crippen LogP contribution in [0.4, 0.5) is 13.2 Å². The van der Waals surface area contributed by atoms with Gasteiger partial charge in [0.05, 0.1) is 17.6 Å². The van der Waals surface area contributed by atoms with Gasteiger partial charge in [0, 0.05) is 19.8 Å². The summed E-state index contributed by atoms with van der Waals surface area (Å²) in [5.74, 6) is -0.876. The van der Waals surface area contributed by atoms with E-state index in [1.807, 2.05) is 6.07 Å². The number of carbonyl (C=O) groups is 1. The van der Waals surface area contributed by atoms with Gasteiger partial charge in [-0.2, -0.15) is 18.4 Å². The summed E-state index contributed by atoms with van der Waals surface area (Å²) in [6.45, 7) is 1.84. The van der Waals surface area contributed by atoms with Gasteiger partial charge in [0.15, 0.2) is 0 Å². The Balaban J connectivity index is 2.82. The van der Waals surface area contributed by atoms with Gasteiger partial charge in [-0.1, -0.05) is 0 Å². The zero-order valence-corrected chi connectivity index (χ0v) is 10.4. The summed E-state index contributed by atoms with van der Waals surface area (Å²) in [6.07, 6.45) is -3.86. The number of rotatable bonds is 3. The van der Waals surface area contributed by atoms with Gasteiger partial charge < -0.3 is 4.90 Å². The van der Waals surface area contributed by atoms with Crippen LogP contribution in [0.1, 0.15) is 23.0 Å². The Labute approximate surface area is 108 Å². The van der Waals surface area contributed by atoms with Crippen molar-refractivity contribution in [2.45, 2.75) is 13.1 Å². The van der Waals surface area contributed by atoms with Gasteiger partial charge in [0.1, 0.15) is 5.69 Å². The summed E-state index contributed by atoms with van der Waals surface area (Å²) >= 11 is 0. The molecular weight excluding hydrogens is 259 g/mol. The first kappa shape index (κ1) is 15.0. The van der Waals surface area contributed by atoms with E-state index >= 15 is 0 Å². The number of pyridine rings is 1. The number of hydrogen-bond donors (Lipinski definition) is 0. The van der Waals surface area contributed by atoms with Crippen LogP contribution in [0.2, 0.25) is 0 Å². The minimum Gasteiger partial charge on any atom is -0.339 e. The van der Waals surface area contributed by atoms with Crippen molar-refractivity contribution < 1.29 is 18.0 Å². The molecule has 7 heteroatoms. The molecule has 0 spiro atoms. The van der Waals surface area contributed by atoms with Crippen LogP contribution in [0.3, 0.4) is 0 Å². The highest BCUT2D eigenvalue weighted by Crippen LogP contribution is 2.28. The Hall–Kier alpha value is -2.10. The number of carbonyl (C=O) groups excluding carboxylic acids is 1. The third kappa shape index (κ3) is 3.95. The molecule has 1 aromatic heterocycles. The Kier molecular flexibility index (Phi) is 4.48. The van der Waals surface area contributed by atoms with Gasteiger partial charge in [-0.3, -0.25) is 9.78 Å². The lowest BCUT2D eigenvalue weighted by molar-refractivity contribution is -0.137. The molecular formula is C12H12F3N3O. The predicted octanol–water partition coefficient (Wildman–Crippen LogP) is 2.33. The van der Waals surface area contributed by atoms with E-state index in [2.05, 4.69) is 4.98 Å². The van der Waals surface area contributed by atoms with Crippen molar-refractivity contribution in [1.82, 2.24) is 9.88 Å². The molecule has 0 aliphatic rings. The maximum absolute atomic E-state index is 12.3. The lowest BCUT2D eigenvalue weighted by Crippen LogP contribution is -2.31. The quantitative estimate of drug-likeness (QED) is 0.847. The first-order valence-corrected chi connectivity index (χ1v) is 5.44. The fraction of sp³-hybridized carbons (Fsp3) is 0.417. The van der Waals surface area contributed by atoms with E-state index in [0.29, 0.717) is 6.20 Å². The molecule has 4 nitrogen and oxygen atoms in total. The molecule has 0 fully saturated rings. The summed E-state index contributed by atoms with van der Waals surface area (Å²) in [4.78, 5) is 16.6. The molecule has 0 saturated carbocycles. The SMILES string of the molecule is CC(C#N)CN(C)C(=O)c1ccc(C(F)(F)F)cn1. The Bertz CT molecular complexity index is 490. The molecule has 0 aliphatic carbocycles. The van der Waals surface area contributed by atoms with Crippen LogP contribution < -0.4 is 0 Å². The number of hydrogen-bond acceptors (Lipinski definition) is 3. The van der Waals surface area contributed by atoms with Gasteiger partial charge in [0.2, 0.25) is 0 Å². The first-order chi connectivity index (χ1) is 8.75. The number of halogens is 3. The summed E-state index contributed by atoms with van der Waals surface area (Å²) in [7, 11) is 1.47. The highest BCUT2D eigenvalue weighted by Gasteiger charge is 2.31. The van der Waals surface area contributed by atoms with Crippen LogP contribution in [0.15, 0.2) is 18.3 Å². The highest BCUT2D eigenvalue weighted by atomic mass is 19.4.